The molecule has 0 bridgehead atoms. The third-order valence-electron chi connectivity index (χ3n) is 2.42. The number of rotatable bonds is 2. The first kappa shape index (κ1) is 13.1. The molecule has 0 atom stereocenters. The largest absolute Gasteiger partial charge is 0.507 e. The highest BCUT2D eigenvalue weighted by Gasteiger charge is 2.16. The fourth-order valence-corrected chi connectivity index (χ4v) is 1.92. The lowest BCUT2D eigenvalue weighted by Gasteiger charge is -2.07. The van der Waals surface area contributed by atoms with E-state index in [2.05, 4.69) is 9.97 Å². The van der Waals surface area contributed by atoms with Crippen molar-refractivity contribution in [2.75, 3.05) is 6.26 Å². The molecule has 2 N–H and O–H groups in total. The molecule has 0 amide bonds. The van der Waals surface area contributed by atoms with Crippen molar-refractivity contribution in [1.29, 1.82) is 5.26 Å². The van der Waals surface area contributed by atoms with Crippen molar-refractivity contribution < 1.29 is 9.50 Å². The quantitative estimate of drug-likeness (QED) is 0.646. The minimum Gasteiger partial charge on any atom is -0.507 e. The van der Waals surface area contributed by atoms with E-state index in [0.29, 0.717) is 0 Å². The van der Waals surface area contributed by atoms with Gasteiger partial charge in [0.25, 0.3) is 5.56 Å². The highest BCUT2D eigenvalue weighted by atomic mass is 32.2. The smallest absolute Gasteiger partial charge is 0.270 e. The zero-order valence-corrected chi connectivity index (χ0v) is 10.6. The summed E-state index contributed by atoms with van der Waals surface area (Å²) in [7, 11) is 0. The first-order valence-electron chi connectivity index (χ1n) is 5.14. The number of aromatic hydroxyl groups is 1. The minimum atomic E-state index is -0.625. The van der Waals surface area contributed by atoms with Gasteiger partial charge in [-0.15, -0.1) is 0 Å². The molecule has 2 aromatic rings. The molecular formula is C12H8FN3O2S. The van der Waals surface area contributed by atoms with E-state index in [0.717, 1.165) is 18.2 Å². The number of nitrogens with one attached hydrogen (secondary N) is 1. The van der Waals surface area contributed by atoms with Crippen LogP contribution in [0.5, 0.6) is 5.75 Å². The van der Waals surface area contributed by atoms with Gasteiger partial charge in [0.05, 0.1) is 0 Å². The number of aromatic nitrogens is 2. The van der Waals surface area contributed by atoms with Gasteiger partial charge >= 0.3 is 0 Å². The molecule has 0 aliphatic heterocycles. The predicted octanol–water partition coefficient (Wildman–Crippen LogP) is 1.88. The van der Waals surface area contributed by atoms with E-state index in [9.17, 15) is 14.3 Å². The average molecular weight is 277 g/mol. The zero-order valence-electron chi connectivity index (χ0n) is 9.77. The van der Waals surface area contributed by atoms with Gasteiger partial charge in [-0.2, -0.15) is 5.26 Å². The summed E-state index contributed by atoms with van der Waals surface area (Å²) >= 11 is 1.17. The van der Waals surface area contributed by atoms with E-state index in [-0.39, 0.29) is 27.7 Å². The Morgan fingerprint density at radius 2 is 2.26 bits per heavy atom. The summed E-state index contributed by atoms with van der Waals surface area (Å²) in [5.74, 6) is -0.840. The minimum absolute atomic E-state index is 0.0120. The molecular weight excluding hydrogens is 269 g/mol. The molecule has 0 radical (unpaired) electrons. The topological polar surface area (TPSA) is 89.8 Å². The van der Waals surface area contributed by atoms with Gasteiger partial charge in [-0.1, -0.05) is 11.8 Å². The van der Waals surface area contributed by atoms with Gasteiger partial charge in [-0.25, -0.2) is 9.37 Å². The second-order valence-corrected chi connectivity index (χ2v) is 4.37. The van der Waals surface area contributed by atoms with E-state index in [1.165, 1.54) is 11.8 Å². The van der Waals surface area contributed by atoms with Crippen molar-refractivity contribution in [3.05, 3.63) is 39.9 Å². The zero-order chi connectivity index (χ0) is 14.0. The van der Waals surface area contributed by atoms with Crippen LogP contribution in [0.1, 0.15) is 5.56 Å². The van der Waals surface area contributed by atoms with Gasteiger partial charge in [-0.05, 0) is 24.5 Å². The number of benzene rings is 1. The maximum Gasteiger partial charge on any atom is 0.270 e. The van der Waals surface area contributed by atoms with Gasteiger partial charge in [0.1, 0.15) is 28.9 Å². The van der Waals surface area contributed by atoms with Crippen LogP contribution >= 0.6 is 11.8 Å². The van der Waals surface area contributed by atoms with Crippen LogP contribution in [-0.4, -0.2) is 21.3 Å². The van der Waals surface area contributed by atoms with Crippen LogP contribution in [0.25, 0.3) is 11.3 Å². The maximum absolute atomic E-state index is 13.2. The fourth-order valence-electron chi connectivity index (χ4n) is 1.55. The third-order valence-corrected chi connectivity index (χ3v) is 3.00. The summed E-state index contributed by atoms with van der Waals surface area (Å²) in [4.78, 5) is 18.2. The number of hydrogen-bond acceptors (Lipinski definition) is 5. The molecule has 0 unspecified atom stereocenters. The van der Waals surface area contributed by atoms with Crippen molar-refractivity contribution in [3.8, 4) is 23.1 Å². The van der Waals surface area contributed by atoms with Crippen LogP contribution in [0, 0.1) is 17.1 Å². The van der Waals surface area contributed by atoms with Gasteiger partial charge < -0.3 is 10.1 Å². The molecule has 0 saturated heterocycles. The second-order valence-electron chi connectivity index (χ2n) is 3.57. The van der Waals surface area contributed by atoms with Crippen LogP contribution in [-0.2, 0) is 0 Å². The molecule has 19 heavy (non-hydrogen) atoms. The summed E-state index contributed by atoms with van der Waals surface area (Å²) < 4.78 is 13.2. The summed E-state index contributed by atoms with van der Waals surface area (Å²) in [6, 6.07) is 4.96. The van der Waals surface area contributed by atoms with Crippen molar-refractivity contribution in [2.24, 2.45) is 0 Å². The Bertz CT molecular complexity index is 737. The number of phenols is 1. The molecule has 0 spiro atoms. The Morgan fingerprint density at radius 3 is 2.89 bits per heavy atom. The van der Waals surface area contributed by atoms with Crippen LogP contribution in [0.3, 0.4) is 0 Å². The Hall–Kier alpha value is -2.33. The molecule has 2 rings (SSSR count). The van der Waals surface area contributed by atoms with E-state index in [1.54, 1.807) is 12.3 Å². The molecule has 96 valence electrons. The lowest BCUT2D eigenvalue weighted by Crippen LogP contribution is -2.14. The van der Waals surface area contributed by atoms with Crippen molar-refractivity contribution in [2.45, 2.75) is 5.16 Å². The van der Waals surface area contributed by atoms with Crippen LogP contribution in [0.15, 0.2) is 28.2 Å². The van der Waals surface area contributed by atoms with E-state index in [4.69, 9.17) is 5.26 Å². The van der Waals surface area contributed by atoms with Crippen LogP contribution in [0.2, 0.25) is 0 Å². The third kappa shape index (κ3) is 2.44. The first-order chi connectivity index (χ1) is 9.06. The Kier molecular flexibility index (Phi) is 3.53. The monoisotopic (exact) mass is 277 g/mol. The summed E-state index contributed by atoms with van der Waals surface area (Å²) in [6.45, 7) is 0. The average Bonchev–Trinajstić information content (AvgIpc) is 2.40. The Balaban J connectivity index is 2.81. The van der Waals surface area contributed by atoms with E-state index >= 15 is 0 Å². The fraction of sp³-hybridized carbons (Fsp3) is 0.0833. The molecule has 0 aliphatic carbocycles. The summed E-state index contributed by atoms with van der Waals surface area (Å²) in [5.41, 5.74) is -0.912. The van der Waals surface area contributed by atoms with Crippen molar-refractivity contribution in [1.82, 2.24) is 9.97 Å². The number of phenolic OH excluding ortho intramolecular Hbond substituents is 1. The molecule has 5 nitrogen and oxygen atoms in total. The van der Waals surface area contributed by atoms with Crippen molar-refractivity contribution >= 4 is 11.8 Å². The standard InChI is InChI=1S/C12H8FN3O2S/c1-19-12-15-10(8(5-14)11(18)16-12)7-4-6(13)2-3-9(7)17/h2-4,17H,1H3,(H,15,16,18). The van der Waals surface area contributed by atoms with Crippen LogP contribution < -0.4 is 5.56 Å². The number of halogens is 1. The lowest BCUT2D eigenvalue weighted by molar-refractivity contribution is 0.475. The van der Waals surface area contributed by atoms with E-state index < -0.39 is 11.4 Å². The SMILES string of the molecule is CSc1nc(-c2cc(F)ccc2O)c(C#N)c(=O)[nH]1. The first-order valence-corrected chi connectivity index (χ1v) is 6.36. The number of thioether (sulfide) groups is 1. The maximum atomic E-state index is 13.2. The predicted molar refractivity (Wildman–Crippen MR) is 68.4 cm³/mol. The number of aromatic amines is 1. The highest BCUT2D eigenvalue weighted by molar-refractivity contribution is 7.98. The van der Waals surface area contributed by atoms with E-state index in [1.807, 2.05) is 0 Å². The molecule has 1 aromatic heterocycles. The molecule has 0 fully saturated rings. The Morgan fingerprint density at radius 1 is 1.53 bits per heavy atom. The molecule has 0 aliphatic rings. The normalized spacial score (nSPS) is 10.2. The van der Waals surface area contributed by atoms with Gasteiger partial charge in [0, 0.05) is 5.56 Å². The highest BCUT2D eigenvalue weighted by Crippen LogP contribution is 2.30. The number of nitriles is 1. The van der Waals surface area contributed by atoms with Gasteiger partial charge in [-0.3, -0.25) is 4.79 Å². The molecule has 1 aromatic carbocycles. The van der Waals surface area contributed by atoms with Gasteiger partial charge in [0.15, 0.2) is 5.16 Å². The molecule has 7 heteroatoms. The van der Waals surface area contributed by atoms with Crippen LogP contribution in [0.4, 0.5) is 4.39 Å². The van der Waals surface area contributed by atoms with Gasteiger partial charge in [0.2, 0.25) is 0 Å². The Labute approximate surface area is 111 Å². The molecule has 1 heterocycles. The number of hydrogen-bond donors (Lipinski definition) is 2. The lowest BCUT2D eigenvalue weighted by atomic mass is 10.1. The van der Waals surface area contributed by atoms with Crippen molar-refractivity contribution in [3.63, 3.8) is 0 Å². The summed E-state index contributed by atoms with van der Waals surface area (Å²) in [5, 5.41) is 19.0. The molecule has 0 saturated carbocycles. The number of H-pyrrole nitrogens is 1. The number of nitrogens with zero attached hydrogens (tertiary/aromatic N) is 2. The second kappa shape index (κ2) is 5.12. The summed E-state index contributed by atoms with van der Waals surface area (Å²) in [6.07, 6.45) is 1.69.